The topological polar surface area (TPSA) is 36.4 Å². The number of pyridine rings is 1. The first-order chi connectivity index (χ1) is 14.7. The van der Waals surface area contributed by atoms with Crippen LogP contribution in [0.1, 0.15) is 67.7 Å². The van der Waals surface area contributed by atoms with Gasteiger partial charge >= 0.3 is 0 Å². The van der Waals surface area contributed by atoms with Crippen LogP contribution in [-0.4, -0.2) is 42.5 Å². The Morgan fingerprint density at radius 3 is 2.47 bits per heavy atom. The minimum absolute atomic E-state index is 0.0793. The van der Waals surface area contributed by atoms with Crippen molar-refractivity contribution in [2.75, 3.05) is 31.6 Å². The van der Waals surface area contributed by atoms with Crippen LogP contribution in [0.3, 0.4) is 0 Å². The zero-order valence-electron chi connectivity index (χ0n) is 18.4. The van der Waals surface area contributed by atoms with E-state index in [2.05, 4.69) is 41.1 Å². The second kappa shape index (κ2) is 10.1. The molecule has 1 aliphatic carbocycles. The van der Waals surface area contributed by atoms with Gasteiger partial charge in [-0.25, -0.2) is 4.98 Å². The number of nitrogens with zero attached hydrogens (tertiary/aromatic N) is 3. The Hall–Kier alpha value is -2.36. The summed E-state index contributed by atoms with van der Waals surface area (Å²) < 4.78 is 0. The maximum Gasteiger partial charge on any atom is 0.230 e. The summed E-state index contributed by atoms with van der Waals surface area (Å²) in [5.41, 5.74) is 3.82. The summed E-state index contributed by atoms with van der Waals surface area (Å²) in [4.78, 5) is 22.8. The number of benzene rings is 1. The molecule has 1 atom stereocenters. The quantitative estimate of drug-likeness (QED) is 0.681. The Morgan fingerprint density at radius 2 is 1.70 bits per heavy atom. The summed E-state index contributed by atoms with van der Waals surface area (Å²) in [5.74, 6) is 1.25. The van der Waals surface area contributed by atoms with Gasteiger partial charge in [0.25, 0.3) is 0 Å². The minimum Gasteiger partial charge on any atom is -0.360 e. The van der Waals surface area contributed by atoms with Gasteiger partial charge in [0.2, 0.25) is 5.91 Å². The zero-order valence-corrected chi connectivity index (χ0v) is 18.4. The molecular formula is C26H35N3O. The molecule has 1 amide bonds. The first-order valence-corrected chi connectivity index (χ1v) is 11.8. The molecule has 4 rings (SSSR count). The first kappa shape index (κ1) is 20.9. The smallest absolute Gasteiger partial charge is 0.230 e. The fraction of sp³-hybridized carbons (Fsp3) is 0.538. The van der Waals surface area contributed by atoms with Crippen molar-refractivity contribution in [2.24, 2.45) is 0 Å². The Balaban J connectivity index is 1.47. The van der Waals surface area contributed by atoms with Crippen LogP contribution in [0.5, 0.6) is 0 Å². The Morgan fingerprint density at radius 1 is 0.967 bits per heavy atom. The summed E-state index contributed by atoms with van der Waals surface area (Å²) in [6, 6.07) is 14.7. The fourth-order valence-corrected chi connectivity index (χ4v) is 4.85. The molecule has 0 bridgehead atoms. The van der Waals surface area contributed by atoms with Crippen LogP contribution in [0, 0.1) is 0 Å². The number of carbonyl (C=O) groups excluding carboxylic acids is 1. The van der Waals surface area contributed by atoms with Crippen molar-refractivity contribution in [3.63, 3.8) is 0 Å². The molecule has 160 valence electrons. The zero-order chi connectivity index (χ0) is 20.8. The van der Waals surface area contributed by atoms with E-state index in [4.69, 9.17) is 4.98 Å². The van der Waals surface area contributed by atoms with Crippen molar-refractivity contribution in [3.8, 4) is 0 Å². The number of aromatic nitrogens is 1. The van der Waals surface area contributed by atoms with Crippen molar-refractivity contribution in [2.45, 2.75) is 63.7 Å². The monoisotopic (exact) mass is 405 g/mol. The van der Waals surface area contributed by atoms with Gasteiger partial charge in [0.15, 0.2) is 0 Å². The summed E-state index contributed by atoms with van der Waals surface area (Å²) in [6.45, 7) is 2.64. The van der Waals surface area contributed by atoms with Crippen molar-refractivity contribution in [1.29, 1.82) is 0 Å². The van der Waals surface area contributed by atoms with E-state index in [9.17, 15) is 4.79 Å². The van der Waals surface area contributed by atoms with Gasteiger partial charge < -0.3 is 9.80 Å². The number of amides is 1. The van der Waals surface area contributed by atoms with Crippen molar-refractivity contribution < 1.29 is 4.79 Å². The van der Waals surface area contributed by atoms with E-state index in [-0.39, 0.29) is 5.92 Å². The third kappa shape index (κ3) is 5.03. The molecule has 4 heteroatoms. The highest BCUT2D eigenvalue weighted by atomic mass is 16.2. The second-order valence-electron chi connectivity index (χ2n) is 8.90. The molecule has 1 aromatic carbocycles. The predicted octanol–water partition coefficient (Wildman–Crippen LogP) is 4.97. The standard InChI is InChI=1S/C26H35N3O/c1-28(25-16-15-22-13-7-8-14-24(22)27-25)20-17-23(21-11-5-4-6-12-21)26(30)29-18-9-2-3-10-19-29/h4-6,11-12,15-16,23H,2-3,7-10,13-14,17-20H2,1H3. The molecule has 2 aromatic rings. The summed E-state index contributed by atoms with van der Waals surface area (Å²) in [7, 11) is 2.11. The van der Waals surface area contributed by atoms with Crippen LogP contribution in [0.4, 0.5) is 5.82 Å². The van der Waals surface area contributed by atoms with E-state index in [1.165, 1.54) is 36.9 Å². The molecule has 0 spiro atoms. The third-order valence-corrected chi connectivity index (χ3v) is 6.73. The Kier molecular flexibility index (Phi) is 7.03. The molecule has 1 aliphatic heterocycles. The molecular weight excluding hydrogens is 370 g/mol. The largest absolute Gasteiger partial charge is 0.360 e. The Labute approximate surface area is 181 Å². The SMILES string of the molecule is CN(CCC(C(=O)N1CCCCCC1)c1ccccc1)c1ccc2c(n1)CCCC2. The average Bonchev–Trinajstić information content (AvgIpc) is 3.09. The number of carbonyl (C=O) groups is 1. The first-order valence-electron chi connectivity index (χ1n) is 11.8. The lowest BCUT2D eigenvalue weighted by Crippen LogP contribution is -2.37. The van der Waals surface area contributed by atoms with Gasteiger partial charge in [0, 0.05) is 32.4 Å². The van der Waals surface area contributed by atoms with Gasteiger partial charge in [-0.2, -0.15) is 0 Å². The molecule has 1 unspecified atom stereocenters. The molecule has 2 aliphatic rings. The lowest BCUT2D eigenvalue weighted by molar-refractivity contribution is -0.132. The van der Waals surface area contributed by atoms with E-state index < -0.39 is 0 Å². The number of rotatable bonds is 6. The van der Waals surface area contributed by atoms with E-state index in [1.807, 2.05) is 18.2 Å². The average molecular weight is 406 g/mol. The number of fused-ring (bicyclic) bond motifs is 1. The summed E-state index contributed by atoms with van der Waals surface area (Å²) in [5, 5.41) is 0. The number of aryl methyl sites for hydroxylation is 2. The Bertz CT molecular complexity index is 827. The second-order valence-corrected chi connectivity index (χ2v) is 8.90. The van der Waals surface area contributed by atoms with E-state index >= 15 is 0 Å². The predicted molar refractivity (Wildman–Crippen MR) is 123 cm³/mol. The van der Waals surface area contributed by atoms with Gasteiger partial charge in [-0.15, -0.1) is 0 Å². The lowest BCUT2D eigenvalue weighted by atomic mass is 9.93. The number of anilines is 1. The van der Waals surface area contributed by atoms with Crippen LogP contribution in [0.15, 0.2) is 42.5 Å². The van der Waals surface area contributed by atoms with Gasteiger partial charge in [-0.05, 0) is 62.1 Å². The lowest BCUT2D eigenvalue weighted by Gasteiger charge is -2.28. The van der Waals surface area contributed by atoms with Crippen molar-refractivity contribution >= 4 is 11.7 Å². The molecule has 0 radical (unpaired) electrons. The molecule has 4 nitrogen and oxygen atoms in total. The molecule has 1 fully saturated rings. The van der Waals surface area contributed by atoms with Gasteiger partial charge in [0.1, 0.15) is 5.82 Å². The van der Waals surface area contributed by atoms with Crippen LogP contribution in [0.25, 0.3) is 0 Å². The molecule has 0 saturated carbocycles. The molecule has 2 heterocycles. The highest BCUT2D eigenvalue weighted by molar-refractivity contribution is 5.83. The van der Waals surface area contributed by atoms with Crippen LogP contribution in [-0.2, 0) is 17.6 Å². The molecule has 30 heavy (non-hydrogen) atoms. The fourth-order valence-electron chi connectivity index (χ4n) is 4.85. The molecule has 1 saturated heterocycles. The summed E-state index contributed by atoms with van der Waals surface area (Å²) in [6.07, 6.45) is 10.3. The highest BCUT2D eigenvalue weighted by Crippen LogP contribution is 2.26. The van der Waals surface area contributed by atoms with Crippen molar-refractivity contribution in [3.05, 3.63) is 59.3 Å². The maximum atomic E-state index is 13.5. The minimum atomic E-state index is -0.0793. The van der Waals surface area contributed by atoms with Gasteiger partial charge in [0.05, 0.1) is 5.92 Å². The van der Waals surface area contributed by atoms with Gasteiger partial charge in [-0.1, -0.05) is 49.2 Å². The number of hydrogen-bond acceptors (Lipinski definition) is 3. The molecule has 1 aromatic heterocycles. The van der Waals surface area contributed by atoms with Crippen LogP contribution < -0.4 is 4.90 Å². The van der Waals surface area contributed by atoms with E-state index in [1.54, 1.807) is 0 Å². The van der Waals surface area contributed by atoms with Crippen LogP contribution >= 0.6 is 0 Å². The summed E-state index contributed by atoms with van der Waals surface area (Å²) >= 11 is 0. The normalized spacial score (nSPS) is 17.7. The number of hydrogen-bond donors (Lipinski definition) is 0. The third-order valence-electron chi connectivity index (χ3n) is 6.73. The maximum absolute atomic E-state index is 13.5. The molecule has 0 N–H and O–H groups in total. The van der Waals surface area contributed by atoms with Crippen LogP contribution in [0.2, 0.25) is 0 Å². The van der Waals surface area contributed by atoms with E-state index in [0.29, 0.717) is 5.91 Å². The van der Waals surface area contributed by atoms with E-state index in [0.717, 1.165) is 63.1 Å². The number of likely N-dealkylation sites (tertiary alicyclic amines) is 1. The highest BCUT2D eigenvalue weighted by Gasteiger charge is 2.26. The van der Waals surface area contributed by atoms with Crippen molar-refractivity contribution in [1.82, 2.24) is 9.88 Å². The van der Waals surface area contributed by atoms with Gasteiger partial charge in [-0.3, -0.25) is 4.79 Å².